The van der Waals surface area contributed by atoms with E-state index in [1.807, 2.05) is 31.2 Å². The van der Waals surface area contributed by atoms with Gasteiger partial charge in [0.2, 0.25) is 0 Å². The Morgan fingerprint density at radius 3 is 2.64 bits per heavy atom. The lowest BCUT2D eigenvalue weighted by Crippen LogP contribution is -2.02. The molecule has 2 aromatic carbocycles. The number of nitrogens with zero attached hydrogens (tertiary/aromatic N) is 2. The Balaban J connectivity index is 1.72. The fourth-order valence-electron chi connectivity index (χ4n) is 2.26. The van der Waals surface area contributed by atoms with Crippen molar-refractivity contribution in [3.63, 3.8) is 0 Å². The highest BCUT2D eigenvalue weighted by molar-refractivity contribution is 8.01. The Morgan fingerprint density at radius 1 is 1.24 bits per heavy atom. The Morgan fingerprint density at radius 2 is 1.96 bits per heavy atom. The van der Waals surface area contributed by atoms with Crippen molar-refractivity contribution in [1.29, 1.82) is 0 Å². The average Bonchev–Trinajstić information content (AvgIpc) is 3.00. The summed E-state index contributed by atoms with van der Waals surface area (Å²) in [5, 5.41) is 4.56. The van der Waals surface area contributed by atoms with Crippen LogP contribution in [0.25, 0.3) is 5.69 Å². The first-order chi connectivity index (χ1) is 12.1. The van der Waals surface area contributed by atoms with Crippen molar-refractivity contribution in [3.05, 3.63) is 63.6 Å². The molecule has 0 aliphatic rings. The third-order valence-electron chi connectivity index (χ3n) is 3.61. The fraction of sp³-hybridized carbons (Fsp3) is 0.167. The molecular weight excluding hydrogens is 372 g/mol. The summed E-state index contributed by atoms with van der Waals surface area (Å²) in [4.78, 5) is 12.3. The number of aryl methyl sites for hydroxylation is 1. The van der Waals surface area contributed by atoms with Crippen LogP contribution in [0.1, 0.15) is 15.9 Å². The molecule has 25 heavy (non-hydrogen) atoms. The first kappa shape index (κ1) is 17.8. The highest BCUT2D eigenvalue weighted by Gasteiger charge is 2.12. The van der Waals surface area contributed by atoms with Crippen molar-refractivity contribution in [1.82, 2.24) is 9.78 Å². The molecule has 0 fully saturated rings. The number of para-hydroxylation sites is 1. The number of Topliss-reactive ketones (excluding diaryl/α,β-unsaturated/α-hetero) is 1. The van der Waals surface area contributed by atoms with Gasteiger partial charge in [0.1, 0.15) is 5.75 Å². The van der Waals surface area contributed by atoms with Gasteiger partial charge >= 0.3 is 0 Å². The van der Waals surface area contributed by atoms with Gasteiger partial charge in [-0.3, -0.25) is 4.79 Å². The summed E-state index contributed by atoms with van der Waals surface area (Å²) in [6, 6.07) is 15.1. The van der Waals surface area contributed by atoms with E-state index >= 15 is 0 Å². The smallest absolute Gasteiger partial charge is 0.184 e. The molecule has 0 radical (unpaired) electrons. The molecule has 0 atom stereocenters. The number of hydrogen-bond donors (Lipinski definition) is 0. The topological polar surface area (TPSA) is 44.1 Å². The molecule has 3 aromatic rings. The van der Waals surface area contributed by atoms with Crippen LogP contribution >= 0.6 is 35.3 Å². The van der Waals surface area contributed by atoms with Crippen LogP contribution in [0.3, 0.4) is 0 Å². The molecule has 0 aliphatic heterocycles. The van der Waals surface area contributed by atoms with Crippen LogP contribution in [-0.2, 0) is 0 Å². The maximum atomic E-state index is 12.3. The number of carbonyl (C=O) groups excluding carboxylic acids is 1. The minimum absolute atomic E-state index is 0.0520. The van der Waals surface area contributed by atoms with Gasteiger partial charge in [-0.1, -0.05) is 41.3 Å². The number of thioether (sulfide) groups is 1. The summed E-state index contributed by atoms with van der Waals surface area (Å²) >= 11 is 8.25. The minimum atomic E-state index is 0.0520. The van der Waals surface area contributed by atoms with Crippen LogP contribution in [0.15, 0.2) is 52.9 Å². The van der Waals surface area contributed by atoms with Crippen LogP contribution in [-0.4, -0.2) is 28.4 Å². The zero-order valence-electron chi connectivity index (χ0n) is 13.8. The lowest BCUT2D eigenvalue weighted by atomic mass is 10.1. The monoisotopic (exact) mass is 388 g/mol. The SMILES string of the molecule is COc1ccc(C(=O)CSc2nn(-c3ccccc3C)c(=S)s2)cc1. The summed E-state index contributed by atoms with van der Waals surface area (Å²) in [6.45, 7) is 2.02. The molecule has 0 unspecified atom stereocenters. The number of hydrogen-bond acceptors (Lipinski definition) is 6. The summed E-state index contributed by atoms with van der Waals surface area (Å²) in [5.74, 6) is 1.11. The van der Waals surface area contributed by atoms with E-state index in [1.165, 1.54) is 23.1 Å². The molecule has 0 bridgehead atoms. The maximum Gasteiger partial charge on any atom is 0.184 e. The third-order valence-corrected chi connectivity index (χ3v) is 5.98. The van der Waals surface area contributed by atoms with Crippen molar-refractivity contribution in [3.8, 4) is 11.4 Å². The van der Waals surface area contributed by atoms with Crippen molar-refractivity contribution < 1.29 is 9.53 Å². The number of methoxy groups -OCH3 is 1. The molecule has 128 valence electrons. The number of benzene rings is 2. The molecule has 4 nitrogen and oxygen atoms in total. The van der Waals surface area contributed by atoms with E-state index in [9.17, 15) is 4.79 Å². The second-order valence-corrected chi connectivity index (χ2v) is 8.12. The van der Waals surface area contributed by atoms with Crippen molar-refractivity contribution in [2.24, 2.45) is 0 Å². The zero-order valence-corrected chi connectivity index (χ0v) is 16.2. The van der Waals surface area contributed by atoms with Crippen molar-refractivity contribution in [2.75, 3.05) is 12.9 Å². The Bertz CT molecular complexity index is 945. The number of ketones is 1. The van der Waals surface area contributed by atoms with Gasteiger partial charge in [0.15, 0.2) is 14.1 Å². The third kappa shape index (κ3) is 4.18. The van der Waals surface area contributed by atoms with Crippen molar-refractivity contribution >= 4 is 41.1 Å². The van der Waals surface area contributed by atoms with Crippen LogP contribution in [0, 0.1) is 10.9 Å². The van der Waals surface area contributed by atoms with E-state index in [2.05, 4.69) is 5.10 Å². The number of aromatic nitrogens is 2. The van der Waals surface area contributed by atoms with Crippen LogP contribution in [0.4, 0.5) is 0 Å². The Kier molecular flexibility index (Phi) is 5.67. The quantitative estimate of drug-likeness (QED) is 0.339. The fourth-order valence-corrected chi connectivity index (χ4v) is 4.50. The van der Waals surface area contributed by atoms with Gasteiger partial charge in [0, 0.05) is 5.56 Å². The Labute approximate surface area is 159 Å². The largest absolute Gasteiger partial charge is 0.497 e. The molecular formula is C18H16N2O2S3. The average molecular weight is 389 g/mol. The van der Waals surface area contributed by atoms with E-state index < -0.39 is 0 Å². The predicted octanol–water partition coefficient (Wildman–Crippen LogP) is 4.96. The van der Waals surface area contributed by atoms with E-state index in [0.717, 1.165) is 21.3 Å². The van der Waals surface area contributed by atoms with Gasteiger partial charge in [-0.2, -0.15) is 0 Å². The van der Waals surface area contributed by atoms with Crippen LogP contribution in [0.2, 0.25) is 0 Å². The molecule has 3 rings (SSSR count). The number of rotatable bonds is 6. The molecule has 0 N–H and O–H groups in total. The van der Waals surface area contributed by atoms with Gasteiger partial charge in [0.05, 0.1) is 18.6 Å². The summed E-state index contributed by atoms with van der Waals surface area (Å²) < 4.78 is 8.33. The predicted molar refractivity (Wildman–Crippen MR) is 105 cm³/mol. The van der Waals surface area contributed by atoms with Gasteiger partial charge in [-0.25, -0.2) is 4.68 Å². The first-order valence-electron chi connectivity index (χ1n) is 7.54. The minimum Gasteiger partial charge on any atom is -0.497 e. The maximum absolute atomic E-state index is 12.3. The van der Waals surface area contributed by atoms with E-state index in [0.29, 0.717) is 15.3 Å². The van der Waals surface area contributed by atoms with Crippen LogP contribution in [0.5, 0.6) is 5.75 Å². The summed E-state index contributed by atoms with van der Waals surface area (Å²) in [7, 11) is 1.60. The molecule has 0 saturated heterocycles. The lowest BCUT2D eigenvalue weighted by molar-refractivity contribution is 0.102. The molecule has 0 saturated carbocycles. The second kappa shape index (κ2) is 7.95. The number of ether oxygens (including phenoxy) is 1. The molecule has 1 aromatic heterocycles. The first-order valence-corrected chi connectivity index (χ1v) is 9.76. The van der Waals surface area contributed by atoms with E-state index in [-0.39, 0.29) is 5.78 Å². The zero-order chi connectivity index (χ0) is 17.8. The van der Waals surface area contributed by atoms with E-state index in [1.54, 1.807) is 36.1 Å². The normalized spacial score (nSPS) is 10.6. The Hall–Kier alpha value is -1.96. The lowest BCUT2D eigenvalue weighted by Gasteiger charge is -2.04. The summed E-state index contributed by atoms with van der Waals surface area (Å²) in [6.07, 6.45) is 0. The summed E-state index contributed by atoms with van der Waals surface area (Å²) in [5.41, 5.74) is 2.74. The number of carbonyl (C=O) groups is 1. The standard InChI is InChI=1S/C18H16N2O2S3/c1-12-5-3-4-6-15(12)20-18(23)25-17(19-20)24-11-16(21)13-7-9-14(22-2)10-8-13/h3-10H,11H2,1-2H3. The molecule has 0 amide bonds. The van der Waals surface area contributed by atoms with Gasteiger partial charge in [0.25, 0.3) is 0 Å². The molecule has 0 aliphatic carbocycles. The van der Waals surface area contributed by atoms with Crippen LogP contribution < -0.4 is 4.74 Å². The van der Waals surface area contributed by atoms with E-state index in [4.69, 9.17) is 17.0 Å². The second-order valence-electron chi connectivity index (χ2n) is 5.27. The highest BCUT2D eigenvalue weighted by atomic mass is 32.2. The molecule has 0 spiro atoms. The molecule has 1 heterocycles. The van der Waals surface area contributed by atoms with Crippen molar-refractivity contribution in [2.45, 2.75) is 11.3 Å². The molecule has 7 heteroatoms. The highest BCUT2D eigenvalue weighted by Crippen LogP contribution is 2.26. The van der Waals surface area contributed by atoms with Gasteiger partial charge in [-0.15, -0.1) is 5.10 Å². The van der Waals surface area contributed by atoms with Gasteiger partial charge < -0.3 is 4.74 Å². The van der Waals surface area contributed by atoms with Gasteiger partial charge in [-0.05, 0) is 55.0 Å².